The van der Waals surface area contributed by atoms with E-state index in [0.717, 1.165) is 6.92 Å². The zero-order valence-electron chi connectivity index (χ0n) is 18.1. The predicted octanol–water partition coefficient (Wildman–Crippen LogP) is -4.45. The molecule has 11 N–H and O–H groups in total. The molecule has 1 heterocycles. The molecule has 34 heavy (non-hydrogen) atoms. The Morgan fingerprint density at radius 1 is 1.00 bits per heavy atom. The maximum Gasteiger partial charge on any atom is 0.328 e. The number of primary amides is 1. The molecular formula is C18H27N7O9. The van der Waals surface area contributed by atoms with Gasteiger partial charge >= 0.3 is 11.9 Å². The fourth-order valence-corrected chi connectivity index (χ4v) is 2.71. The number of aromatic nitrogens is 2. The summed E-state index contributed by atoms with van der Waals surface area (Å²) in [4.78, 5) is 77.6. The summed E-state index contributed by atoms with van der Waals surface area (Å²) < 4.78 is 0. The van der Waals surface area contributed by atoms with E-state index in [1.807, 2.05) is 5.32 Å². The molecule has 0 radical (unpaired) electrons. The Kier molecular flexibility index (Phi) is 10.6. The van der Waals surface area contributed by atoms with Gasteiger partial charge in [0.1, 0.15) is 12.1 Å². The number of nitrogens with one attached hydrogen (secondary N) is 4. The van der Waals surface area contributed by atoms with Gasteiger partial charge < -0.3 is 47.7 Å². The molecule has 5 atom stereocenters. The van der Waals surface area contributed by atoms with Gasteiger partial charge in [-0.1, -0.05) is 0 Å². The van der Waals surface area contributed by atoms with E-state index >= 15 is 0 Å². The third-order valence-electron chi connectivity index (χ3n) is 4.43. The van der Waals surface area contributed by atoms with Crippen LogP contribution in [0.4, 0.5) is 0 Å². The first-order valence-corrected chi connectivity index (χ1v) is 9.86. The van der Waals surface area contributed by atoms with E-state index in [1.54, 1.807) is 0 Å². The third-order valence-corrected chi connectivity index (χ3v) is 4.43. The Labute approximate surface area is 192 Å². The van der Waals surface area contributed by atoms with Gasteiger partial charge in [-0.05, 0) is 6.92 Å². The van der Waals surface area contributed by atoms with Gasteiger partial charge in [-0.3, -0.25) is 24.0 Å². The van der Waals surface area contributed by atoms with Crippen LogP contribution in [0.5, 0.6) is 0 Å². The number of aromatic amines is 1. The lowest BCUT2D eigenvalue weighted by Crippen LogP contribution is -2.59. The van der Waals surface area contributed by atoms with Crippen molar-refractivity contribution in [3.8, 4) is 0 Å². The van der Waals surface area contributed by atoms with E-state index in [2.05, 4.69) is 20.6 Å². The average molecular weight is 485 g/mol. The lowest BCUT2D eigenvalue weighted by atomic mass is 10.1. The van der Waals surface area contributed by atoms with Gasteiger partial charge in [0.25, 0.3) is 0 Å². The Hall–Kier alpha value is -4.05. The summed E-state index contributed by atoms with van der Waals surface area (Å²) >= 11 is 0. The molecular weight excluding hydrogens is 458 g/mol. The number of rotatable bonds is 14. The molecule has 188 valence electrons. The number of imidazole rings is 1. The zero-order valence-corrected chi connectivity index (χ0v) is 18.1. The molecule has 0 bridgehead atoms. The zero-order chi connectivity index (χ0) is 26.0. The Bertz CT molecular complexity index is 904. The summed E-state index contributed by atoms with van der Waals surface area (Å²) in [6, 6.07) is -6.28. The van der Waals surface area contributed by atoms with Gasteiger partial charge in [0.2, 0.25) is 23.6 Å². The van der Waals surface area contributed by atoms with Crippen LogP contribution in [-0.4, -0.2) is 91.1 Å². The molecule has 0 aliphatic rings. The molecule has 0 aromatic carbocycles. The topological polar surface area (TPSA) is 280 Å². The molecule has 0 aliphatic carbocycles. The first-order chi connectivity index (χ1) is 15.8. The minimum atomic E-state index is -1.74. The minimum Gasteiger partial charge on any atom is -0.481 e. The largest absolute Gasteiger partial charge is 0.481 e. The minimum absolute atomic E-state index is 0.187. The predicted molar refractivity (Wildman–Crippen MR) is 111 cm³/mol. The highest BCUT2D eigenvalue weighted by molar-refractivity contribution is 5.96. The SMILES string of the molecule is CC(O)C(NC(=O)C(CC(N)=O)NC(=O)C(Cc1cnc[nH]1)NC(=O)C(N)CC(=O)O)C(=O)O. The van der Waals surface area contributed by atoms with E-state index < -0.39 is 78.7 Å². The second-order valence-electron chi connectivity index (χ2n) is 7.34. The van der Waals surface area contributed by atoms with E-state index in [0.29, 0.717) is 5.69 Å². The number of nitrogens with two attached hydrogens (primary N) is 2. The Balaban J connectivity index is 3.07. The van der Waals surface area contributed by atoms with Crippen molar-refractivity contribution < 1.29 is 44.1 Å². The smallest absolute Gasteiger partial charge is 0.328 e. The summed E-state index contributed by atoms with van der Waals surface area (Å²) in [5, 5.41) is 33.9. The molecule has 0 saturated heterocycles. The summed E-state index contributed by atoms with van der Waals surface area (Å²) in [5.74, 6) is -7.02. The maximum atomic E-state index is 12.9. The van der Waals surface area contributed by atoms with Gasteiger partial charge in [-0.2, -0.15) is 0 Å². The van der Waals surface area contributed by atoms with Crippen molar-refractivity contribution in [2.45, 2.75) is 56.5 Å². The van der Waals surface area contributed by atoms with Gasteiger partial charge in [-0.15, -0.1) is 0 Å². The van der Waals surface area contributed by atoms with Gasteiger partial charge in [0.05, 0.1) is 31.3 Å². The van der Waals surface area contributed by atoms with Crippen LogP contribution in [-0.2, 0) is 35.2 Å². The highest BCUT2D eigenvalue weighted by atomic mass is 16.4. The molecule has 0 aliphatic heterocycles. The first-order valence-electron chi connectivity index (χ1n) is 9.86. The van der Waals surface area contributed by atoms with E-state index in [1.165, 1.54) is 12.5 Å². The number of hydrogen-bond acceptors (Lipinski definition) is 9. The normalized spacial score (nSPS) is 15.1. The number of aliphatic carboxylic acids is 2. The molecule has 1 aromatic heterocycles. The highest BCUT2D eigenvalue weighted by Gasteiger charge is 2.33. The summed E-state index contributed by atoms with van der Waals surface area (Å²) in [5.41, 5.74) is 11.0. The van der Waals surface area contributed by atoms with Crippen molar-refractivity contribution in [2.24, 2.45) is 11.5 Å². The number of hydrogen-bond donors (Lipinski definition) is 9. The third kappa shape index (κ3) is 9.21. The van der Waals surface area contributed by atoms with E-state index in [9.17, 15) is 33.9 Å². The fraction of sp³-hybridized carbons (Fsp3) is 0.500. The number of H-pyrrole nitrogens is 1. The Morgan fingerprint density at radius 3 is 2.06 bits per heavy atom. The Morgan fingerprint density at radius 2 is 1.59 bits per heavy atom. The number of carbonyl (C=O) groups is 6. The molecule has 5 unspecified atom stereocenters. The quantitative estimate of drug-likeness (QED) is 0.121. The lowest BCUT2D eigenvalue weighted by molar-refractivity contribution is -0.145. The maximum absolute atomic E-state index is 12.9. The van der Waals surface area contributed by atoms with Gasteiger partial charge in [0, 0.05) is 18.3 Å². The van der Waals surface area contributed by atoms with Crippen LogP contribution in [0.15, 0.2) is 12.5 Å². The highest BCUT2D eigenvalue weighted by Crippen LogP contribution is 2.04. The number of carboxylic acids is 2. The first kappa shape index (κ1) is 28.0. The number of carboxylic acid groups (broad SMARTS) is 2. The monoisotopic (exact) mass is 485 g/mol. The van der Waals surface area contributed by atoms with Crippen LogP contribution in [0.3, 0.4) is 0 Å². The van der Waals surface area contributed by atoms with Crippen molar-refractivity contribution in [3.63, 3.8) is 0 Å². The molecule has 16 heteroatoms. The van der Waals surface area contributed by atoms with Crippen LogP contribution < -0.4 is 27.4 Å². The average Bonchev–Trinajstić information content (AvgIpc) is 3.22. The van der Waals surface area contributed by atoms with Crippen molar-refractivity contribution in [1.82, 2.24) is 25.9 Å². The number of aliphatic hydroxyl groups is 1. The van der Waals surface area contributed by atoms with Gasteiger partial charge in [-0.25, -0.2) is 9.78 Å². The number of amides is 4. The molecule has 4 amide bonds. The van der Waals surface area contributed by atoms with Crippen molar-refractivity contribution in [1.29, 1.82) is 0 Å². The van der Waals surface area contributed by atoms with Crippen LogP contribution in [0.2, 0.25) is 0 Å². The second kappa shape index (κ2) is 12.9. The van der Waals surface area contributed by atoms with Crippen LogP contribution in [0.25, 0.3) is 0 Å². The van der Waals surface area contributed by atoms with Gasteiger partial charge in [0.15, 0.2) is 6.04 Å². The second-order valence-corrected chi connectivity index (χ2v) is 7.34. The fourth-order valence-electron chi connectivity index (χ4n) is 2.71. The molecule has 16 nitrogen and oxygen atoms in total. The standard InChI is InChI=1S/C18H27N7O9/c1-7(26)14(18(33)34)25-17(32)11(4-12(20)27)24-16(31)10(2-8-5-21-6-22-8)23-15(30)9(19)3-13(28)29/h5-7,9-11,14,26H,2-4,19H2,1H3,(H2,20,27)(H,21,22)(H,23,30)(H,24,31)(H,25,32)(H,28,29)(H,33,34). The van der Waals surface area contributed by atoms with E-state index in [-0.39, 0.29) is 6.42 Å². The molecule has 1 aromatic rings. The molecule has 0 spiro atoms. The van der Waals surface area contributed by atoms with Crippen molar-refractivity contribution in [3.05, 3.63) is 18.2 Å². The number of nitrogens with zero attached hydrogens (tertiary/aromatic N) is 1. The van der Waals surface area contributed by atoms with Crippen molar-refractivity contribution in [2.75, 3.05) is 0 Å². The molecule has 0 fully saturated rings. The van der Waals surface area contributed by atoms with Crippen molar-refractivity contribution >= 4 is 35.6 Å². The van der Waals surface area contributed by atoms with Crippen LogP contribution in [0.1, 0.15) is 25.5 Å². The number of aliphatic hydroxyl groups excluding tert-OH is 1. The van der Waals surface area contributed by atoms with Crippen LogP contribution >= 0.6 is 0 Å². The molecule has 0 saturated carbocycles. The summed E-state index contributed by atoms with van der Waals surface area (Å²) in [7, 11) is 0. The van der Waals surface area contributed by atoms with Crippen LogP contribution in [0, 0.1) is 0 Å². The summed E-state index contributed by atoms with van der Waals surface area (Å²) in [6.07, 6.45) is -0.493. The molecule has 1 rings (SSSR count). The van der Waals surface area contributed by atoms with E-state index in [4.69, 9.17) is 21.7 Å². The summed E-state index contributed by atoms with van der Waals surface area (Å²) in [6.45, 7) is 1.11. The lowest BCUT2D eigenvalue weighted by Gasteiger charge is -2.25. The number of carbonyl (C=O) groups excluding carboxylic acids is 4.